The van der Waals surface area contributed by atoms with Gasteiger partial charge in [-0.3, -0.25) is 10.2 Å². The number of benzene rings is 2. The first-order valence-corrected chi connectivity index (χ1v) is 14.0. The highest BCUT2D eigenvalue weighted by Crippen LogP contribution is 2.36. The van der Waals surface area contributed by atoms with Crippen LogP contribution >= 0.6 is 11.8 Å². The summed E-state index contributed by atoms with van der Waals surface area (Å²) in [5.41, 5.74) is 2.78. The van der Waals surface area contributed by atoms with Crippen molar-refractivity contribution in [1.82, 2.24) is 9.58 Å². The number of thioether (sulfide) groups is 1. The van der Waals surface area contributed by atoms with E-state index in [9.17, 15) is 18.0 Å². The van der Waals surface area contributed by atoms with E-state index < -0.39 is 23.0 Å². The van der Waals surface area contributed by atoms with E-state index in [0.29, 0.717) is 24.6 Å². The van der Waals surface area contributed by atoms with E-state index in [1.807, 2.05) is 47.2 Å². The van der Waals surface area contributed by atoms with Gasteiger partial charge in [0.05, 0.1) is 12.1 Å². The van der Waals surface area contributed by atoms with Crippen LogP contribution in [0.3, 0.4) is 0 Å². The molecule has 3 aliphatic rings. The van der Waals surface area contributed by atoms with Crippen molar-refractivity contribution < 1.29 is 22.7 Å². The predicted octanol–water partition coefficient (Wildman–Crippen LogP) is 6.95. The lowest BCUT2D eigenvalue weighted by Gasteiger charge is -2.22. The minimum atomic E-state index is -4.69. The number of halogens is 3. The molecule has 1 aliphatic carbocycles. The maximum Gasteiger partial charge on any atom is 0.441 e. The van der Waals surface area contributed by atoms with Gasteiger partial charge in [0.15, 0.2) is 5.84 Å². The van der Waals surface area contributed by atoms with Crippen LogP contribution in [-0.4, -0.2) is 44.3 Å². The topological polar surface area (TPSA) is 83.0 Å². The minimum absolute atomic E-state index is 0.131. The van der Waals surface area contributed by atoms with Gasteiger partial charge in [-0.15, -0.1) is 0 Å². The summed E-state index contributed by atoms with van der Waals surface area (Å²) in [5, 5.41) is 12.0. The Morgan fingerprint density at radius 2 is 1.82 bits per heavy atom. The number of carbonyl (C=O) groups is 1. The van der Waals surface area contributed by atoms with Crippen molar-refractivity contribution in [2.24, 2.45) is 10.1 Å². The van der Waals surface area contributed by atoms with Crippen molar-refractivity contribution in [3.05, 3.63) is 71.4 Å². The number of nitrogens with one attached hydrogen (secondary N) is 1. The Labute approximate surface area is 232 Å². The molecule has 2 aromatic carbocycles. The number of fused-ring (bicyclic) bond motifs is 2. The van der Waals surface area contributed by atoms with E-state index >= 15 is 0 Å². The first-order chi connectivity index (χ1) is 19.3. The number of rotatable bonds is 6. The zero-order valence-electron chi connectivity index (χ0n) is 21.4. The molecule has 0 saturated heterocycles. The lowest BCUT2D eigenvalue weighted by Crippen LogP contribution is -2.35. The van der Waals surface area contributed by atoms with Crippen molar-refractivity contribution in [3.8, 4) is 5.75 Å². The monoisotopic (exact) mass is 565 g/mol. The van der Waals surface area contributed by atoms with Gasteiger partial charge < -0.3 is 9.30 Å². The number of alkyl halides is 3. The molecule has 40 heavy (non-hydrogen) atoms. The Kier molecular flexibility index (Phi) is 6.99. The smallest absolute Gasteiger partial charge is 0.441 e. The summed E-state index contributed by atoms with van der Waals surface area (Å²) in [7, 11) is 0. The van der Waals surface area contributed by atoms with Crippen LogP contribution in [0.15, 0.2) is 70.4 Å². The van der Waals surface area contributed by atoms with Gasteiger partial charge in [-0.2, -0.15) is 28.3 Å². The SMILES string of the molecule is N=C1/C(=C\c2cn(CCOc3ccc(C4CCCCC4)cc3)c3ccccc23)C(=O)N=C2SC(C(F)(F)F)=NN12. The second-order valence-electron chi connectivity index (χ2n) is 9.97. The van der Waals surface area contributed by atoms with Gasteiger partial charge in [-0.1, -0.05) is 49.6 Å². The molecule has 0 atom stereocenters. The van der Waals surface area contributed by atoms with E-state index in [1.54, 1.807) is 0 Å². The summed E-state index contributed by atoms with van der Waals surface area (Å²) >= 11 is 0.233. The average Bonchev–Trinajstić information content (AvgIpc) is 3.54. The fraction of sp³-hybridized carbons (Fsp3) is 0.310. The van der Waals surface area contributed by atoms with Crippen LogP contribution in [0.1, 0.15) is 49.1 Å². The van der Waals surface area contributed by atoms with E-state index in [0.717, 1.165) is 21.7 Å². The number of amides is 1. The molecule has 6 rings (SSSR count). The van der Waals surface area contributed by atoms with Crippen molar-refractivity contribution in [3.63, 3.8) is 0 Å². The zero-order chi connectivity index (χ0) is 27.9. The molecule has 1 amide bonds. The number of para-hydroxylation sites is 1. The maximum absolute atomic E-state index is 13.1. The number of aromatic nitrogens is 1. The van der Waals surface area contributed by atoms with Gasteiger partial charge in [-0.25, -0.2) is 0 Å². The average molecular weight is 566 g/mol. The molecular formula is C29H26F3N5O2S. The number of carbonyl (C=O) groups excluding carboxylic acids is 1. The van der Waals surface area contributed by atoms with Gasteiger partial charge in [0.25, 0.3) is 5.91 Å². The van der Waals surface area contributed by atoms with Crippen LogP contribution in [0.5, 0.6) is 5.75 Å². The molecule has 1 N–H and O–H groups in total. The van der Waals surface area contributed by atoms with E-state index in [1.165, 1.54) is 43.7 Å². The molecular weight excluding hydrogens is 539 g/mol. The molecule has 0 bridgehead atoms. The minimum Gasteiger partial charge on any atom is -0.492 e. The first-order valence-electron chi connectivity index (χ1n) is 13.2. The van der Waals surface area contributed by atoms with E-state index in [-0.39, 0.29) is 22.5 Å². The zero-order valence-corrected chi connectivity index (χ0v) is 22.3. The van der Waals surface area contributed by atoms with E-state index in [4.69, 9.17) is 10.1 Å². The summed E-state index contributed by atoms with van der Waals surface area (Å²) in [5.74, 6) is 0.215. The summed E-state index contributed by atoms with van der Waals surface area (Å²) in [4.78, 5) is 16.5. The van der Waals surface area contributed by atoms with Crippen LogP contribution in [0.2, 0.25) is 0 Å². The predicted molar refractivity (Wildman–Crippen MR) is 151 cm³/mol. The number of hydrogen-bond acceptors (Lipinski definition) is 5. The molecule has 0 spiro atoms. The molecule has 11 heteroatoms. The van der Waals surface area contributed by atoms with Crippen LogP contribution in [0.4, 0.5) is 13.2 Å². The van der Waals surface area contributed by atoms with Crippen LogP contribution in [0, 0.1) is 5.41 Å². The number of aliphatic imine (C=N–C) groups is 1. The third kappa shape index (κ3) is 5.17. The molecule has 0 radical (unpaired) electrons. The van der Waals surface area contributed by atoms with Gasteiger partial charge in [-0.05, 0) is 60.4 Å². The highest BCUT2D eigenvalue weighted by atomic mass is 32.2. The van der Waals surface area contributed by atoms with Crippen molar-refractivity contribution in [1.29, 1.82) is 5.41 Å². The first kappa shape index (κ1) is 26.4. The molecule has 7 nitrogen and oxygen atoms in total. The molecule has 3 heterocycles. The number of amidine groups is 2. The summed E-state index contributed by atoms with van der Waals surface area (Å²) in [6.07, 6.45) is 5.04. The number of nitrogens with zero attached hydrogens (tertiary/aromatic N) is 4. The number of hydrazone groups is 1. The van der Waals surface area contributed by atoms with Crippen molar-refractivity contribution >= 4 is 50.7 Å². The Balaban J connectivity index is 1.19. The Morgan fingerprint density at radius 3 is 2.58 bits per heavy atom. The lowest BCUT2D eigenvalue weighted by molar-refractivity contribution is -0.114. The highest BCUT2D eigenvalue weighted by molar-refractivity contribution is 8.27. The summed E-state index contributed by atoms with van der Waals surface area (Å²) in [6, 6.07) is 16.0. The van der Waals surface area contributed by atoms with Crippen LogP contribution < -0.4 is 4.74 Å². The van der Waals surface area contributed by atoms with Gasteiger partial charge in [0, 0.05) is 22.7 Å². The Bertz CT molecular complexity index is 1570. The fourth-order valence-corrected chi connectivity index (χ4v) is 6.13. The van der Waals surface area contributed by atoms with Gasteiger partial charge in [0.1, 0.15) is 12.4 Å². The largest absolute Gasteiger partial charge is 0.492 e. The fourth-order valence-electron chi connectivity index (χ4n) is 5.37. The Hall–Kier alpha value is -3.86. The summed E-state index contributed by atoms with van der Waals surface area (Å²) < 4.78 is 47.4. The summed E-state index contributed by atoms with van der Waals surface area (Å²) in [6.45, 7) is 0.948. The highest BCUT2D eigenvalue weighted by Gasteiger charge is 2.46. The van der Waals surface area contributed by atoms with Crippen molar-refractivity contribution in [2.45, 2.75) is 50.7 Å². The molecule has 1 aromatic heterocycles. The number of ether oxygens (including phenoxy) is 1. The molecule has 3 aromatic rings. The normalized spacial score (nSPS) is 19.3. The third-order valence-electron chi connectivity index (χ3n) is 7.37. The standard InChI is InChI=1S/C29H26F3N5O2S/c30-29(31,32)27-35-37-25(33)23(26(38)34-28(37)40-27)16-20-17-36(24-9-5-4-8-22(20)24)14-15-39-21-12-10-19(11-13-21)18-6-2-1-3-7-18/h4-5,8-13,16-18,33H,1-3,6-7,14-15H2/b23-16+,33-25?. The van der Waals surface area contributed by atoms with Crippen LogP contribution in [0.25, 0.3) is 17.0 Å². The van der Waals surface area contributed by atoms with E-state index in [2.05, 4.69) is 22.2 Å². The number of hydrogen-bond donors (Lipinski definition) is 1. The molecule has 0 unspecified atom stereocenters. The second kappa shape index (κ2) is 10.6. The van der Waals surface area contributed by atoms with Crippen LogP contribution in [-0.2, 0) is 11.3 Å². The van der Waals surface area contributed by atoms with Crippen molar-refractivity contribution in [2.75, 3.05) is 6.61 Å². The second-order valence-corrected chi connectivity index (χ2v) is 10.9. The van der Waals surface area contributed by atoms with Gasteiger partial charge >= 0.3 is 6.18 Å². The maximum atomic E-state index is 13.1. The molecule has 2 aliphatic heterocycles. The lowest BCUT2D eigenvalue weighted by atomic mass is 9.84. The molecule has 1 saturated carbocycles. The third-order valence-corrected chi connectivity index (χ3v) is 8.33. The Morgan fingerprint density at radius 1 is 1.07 bits per heavy atom. The molecule has 206 valence electrons. The van der Waals surface area contributed by atoms with Gasteiger partial charge in [0.2, 0.25) is 10.2 Å². The quantitative estimate of drug-likeness (QED) is 0.328. The molecule has 1 fully saturated rings.